The normalized spacial score (nSPS) is 12.7. The Bertz CT molecular complexity index is 328. The third-order valence-electron chi connectivity index (χ3n) is 1.95. The molecule has 15 heavy (non-hydrogen) atoms. The Kier molecular flexibility index (Phi) is 4.57. The van der Waals surface area contributed by atoms with Gasteiger partial charge in [-0.25, -0.2) is 0 Å². The second kappa shape index (κ2) is 5.72. The number of nitrogens with one attached hydrogen (secondary N) is 1. The monoisotopic (exact) mass is 230 g/mol. The largest absolute Gasteiger partial charge is 0.480 e. The Morgan fingerprint density at radius 2 is 2.53 bits per heavy atom. The van der Waals surface area contributed by atoms with Gasteiger partial charge < -0.3 is 15.0 Å². The van der Waals surface area contributed by atoms with Gasteiger partial charge in [-0.05, 0) is 13.5 Å². The first-order valence-electron chi connectivity index (χ1n) is 4.52. The van der Waals surface area contributed by atoms with E-state index in [1.807, 2.05) is 7.05 Å². The average molecular weight is 230 g/mol. The summed E-state index contributed by atoms with van der Waals surface area (Å²) in [7, 11) is 3.50. The molecule has 1 atom stereocenters. The standard InChI is InChI=1S/C8H14N4O2S/c1-9-6(7(13)14)3-4-15-8-11-10-5-12(8)2/h5-6,9H,3-4H2,1-2H3,(H,13,14). The molecule has 0 saturated heterocycles. The quantitative estimate of drug-likeness (QED) is 0.668. The van der Waals surface area contributed by atoms with Gasteiger partial charge in [0.1, 0.15) is 12.4 Å². The lowest BCUT2D eigenvalue weighted by atomic mass is 10.2. The second-order valence-corrected chi connectivity index (χ2v) is 4.10. The topological polar surface area (TPSA) is 80.0 Å². The third kappa shape index (κ3) is 3.52. The molecule has 7 heteroatoms. The van der Waals surface area contributed by atoms with E-state index in [1.165, 1.54) is 11.8 Å². The number of thioether (sulfide) groups is 1. The van der Waals surface area contributed by atoms with Crippen molar-refractivity contribution in [2.75, 3.05) is 12.8 Å². The lowest BCUT2D eigenvalue weighted by molar-refractivity contribution is -0.139. The van der Waals surface area contributed by atoms with E-state index in [2.05, 4.69) is 15.5 Å². The molecule has 0 amide bonds. The van der Waals surface area contributed by atoms with Crippen molar-refractivity contribution in [3.63, 3.8) is 0 Å². The van der Waals surface area contributed by atoms with E-state index in [-0.39, 0.29) is 0 Å². The van der Waals surface area contributed by atoms with E-state index in [1.54, 1.807) is 17.9 Å². The van der Waals surface area contributed by atoms with Crippen LogP contribution in [0.4, 0.5) is 0 Å². The molecule has 1 unspecified atom stereocenters. The number of likely N-dealkylation sites (N-methyl/N-ethyl adjacent to an activating group) is 1. The van der Waals surface area contributed by atoms with Crippen molar-refractivity contribution in [1.29, 1.82) is 0 Å². The summed E-state index contributed by atoms with van der Waals surface area (Å²) in [4.78, 5) is 10.7. The van der Waals surface area contributed by atoms with Gasteiger partial charge in [0.15, 0.2) is 5.16 Å². The Labute approximate surface area is 92.1 Å². The summed E-state index contributed by atoms with van der Waals surface area (Å²) in [5, 5.41) is 19.9. The molecule has 1 aromatic heterocycles. The maximum atomic E-state index is 10.7. The highest BCUT2D eigenvalue weighted by Crippen LogP contribution is 2.15. The van der Waals surface area contributed by atoms with Crippen LogP contribution in [0.25, 0.3) is 0 Å². The van der Waals surface area contributed by atoms with Crippen molar-refractivity contribution >= 4 is 17.7 Å². The van der Waals surface area contributed by atoms with Crippen LogP contribution in [0, 0.1) is 0 Å². The zero-order valence-corrected chi connectivity index (χ0v) is 9.49. The minimum absolute atomic E-state index is 0.495. The van der Waals surface area contributed by atoms with E-state index in [4.69, 9.17) is 5.11 Å². The van der Waals surface area contributed by atoms with Gasteiger partial charge >= 0.3 is 5.97 Å². The molecular weight excluding hydrogens is 216 g/mol. The molecule has 0 saturated carbocycles. The molecule has 1 heterocycles. The van der Waals surface area contributed by atoms with Gasteiger partial charge in [-0.1, -0.05) is 11.8 Å². The molecule has 0 aliphatic heterocycles. The van der Waals surface area contributed by atoms with E-state index in [9.17, 15) is 4.79 Å². The molecule has 0 aliphatic rings. The van der Waals surface area contributed by atoms with Crippen molar-refractivity contribution in [2.24, 2.45) is 7.05 Å². The SMILES string of the molecule is CNC(CCSc1nncn1C)C(=O)O. The Balaban J connectivity index is 2.33. The molecule has 1 rings (SSSR count). The van der Waals surface area contributed by atoms with Gasteiger partial charge in [0, 0.05) is 12.8 Å². The number of aliphatic carboxylic acids is 1. The number of aryl methyl sites for hydroxylation is 1. The number of aromatic nitrogens is 3. The van der Waals surface area contributed by atoms with Gasteiger partial charge in [-0.15, -0.1) is 10.2 Å². The molecule has 1 aromatic rings. The molecule has 0 aromatic carbocycles. The first kappa shape index (κ1) is 12.0. The molecule has 0 aliphatic carbocycles. The van der Waals surface area contributed by atoms with Crippen LogP contribution >= 0.6 is 11.8 Å². The van der Waals surface area contributed by atoms with Gasteiger partial charge in [-0.3, -0.25) is 4.79 Å². The van der Waals surface area contributed by atoms with Crippen molar-refractivity contribution in [2.45, 2.75) is 17.6 Å². The fraction of sp³-hybridized carbons (Fsp3) is 0.625. The van der Waals surface area contributed by atoms with Gasteiger partial charge in [0.2, 0.25) is 0 Å². The summed E-state index contributed by atoms with van der Waals surface area (Å²) in [5.41, 5.74) is 0. The van der Waals surface area contributed by atoms with Crippen LogP contribution in [0.2, 0.25) is 0 Å². The minimum atomic E-state index is -0.823. The Morgan fingerprint density at radius 3 is 3.00 bits per heavy atom. The van der Waals surface area contributed by atoms with E-state index in [0.717, 1.165) is 5.16 Å². The number of nitrogens with zero attached hydrogens (tertiary/aromatic N) is 3. The summed E-state index contributed by atoms with van der Waals surface area (Å²) in [5.74, 6) is -0.124. The van der Waals surface area contributed by atoms with Crippen LogP contribution in [0.3, 0.4) is 0 Å². The molecule has 84 valence electrons. The molecular formula is C8H14N4O2S. The second-order valence-electron chi connectivity index (χ2n) is 3.04. The van der Waals surface area contributed by atoms with Crippen LogP contribution in [-0.4, -0.2) is 44.7 Å². The van der Waals surface area contributed by atoms with E-state index >= 15 is 0 Å². The smallest absolute Gasteiger partial charge is 0.320 e. The van der Waals surface area contributed by atoms with Crippen LogP contribution in [0.5, 0.6) is 0 Å². The number of carboxylic acids is 1. The Morgan fingerprint density at radius 1 is 1.80 bits per heavy atom. The van der Waals surface area contributed by atoms with Crippen LogP contribution < -0.4 is 5.32 Å². The average Bonchev–Trinajstić information content (AvgIpc) is 2.58. The fourth-order valence-electron chi connectivity index (χ4n) is 1.06. The predicted molar refractivity (Wildman–Crippen MR) is 56.8 cm³/mol. The summed E-state index contributed by atoms with van der Waals surface area (Å²) in [6.07, 6.45) is 2.18. The van der Waals surface area contributed by atoms with Crippen LogP contribution in [0.15, 0.2) is 11.5 Å². The zero-order chi connectivity index (χ0) is 11.3. The molecule has 6 nitrogen and oxygen atoms in total. The van der Waals surface area contributed by atoms with Crippen LogP contribution in [0.1, 0.15) is 6.42 Å². The van der Waals surface area contributed by atoms with Crippen molar-refractivity contribution in [1.82, 2.24) is 20.1 Å². The first-order valence-corrected chi connectivity index (χ1v) is 5.50. The summed E-state index contributed by atoms with van der Waals surface area (Å²) in [6, 6.07) is -0.495. The van der Waals surface area contributed by atoms with Gasteiger partial charge in [-0.2, -0.15) is 0 Å². The lowest BCUT2D eigenvalue weighted by Gasteiger charge is -2.09. The maximum absolute atomic E-state index is 10.7. The summed E-state index contributed by atoms with van der Waals surface area (Å²) in [6.45, 7) is 0. The summed E-state index contributed by atoms with van der Waals surface area (Å²) < 4.78 is 1.81. The number of hydrogen-bond donors (Lipinski definition) is 2. The van der Waals surface area contributed by atoms with Gasteiger partial charge in [0.05, 0.1) is 0 Å². The lowest BCUT2D eigenvalue weighted by Crippen LogP contribution is -2.34. The number of carboxylic acid groups (broad SMARTS) is 1. The number of carbonyl (C=O) groups is 1. The van der Waals surface area contributed by atoms with Crippen molar-refractivity contribution in [3.05, 3.63) is 6.33 Å². The highest BCUT2D eigenvalue weighted by Gasteiger charge is 2.14. The zero-order valence-electron chi connectivity index (χ0n) is 8.67. The van der Waals surface area contributed by atoms with E-state index < -0.39 is 12.0 Å². The molecule has 0 fully saturated rings. The first-order chi connectivity index (χ1) is 7.15. The third-order valence-corrected chi connectivity index (χ3v) is 3.02. The van der Waals surface area contributed by atoms with Crippen molar-refractivity contribution in [3.8, 4) is 0 Å². The van der Waals surface area contributed by atoms with E-state index in [0.29, 0.717) is 12.2 Å². The molecule has 0 radical (unpaired) electrons. The van der Waals surface area contributed by atoms with Gasteiger partial charge in [0.25, 0.3) is 0 Å². The fourth-order valence-corrected chi connectivity index (χ4v) is 1.95. The van der Waals surface area contributed by atoms with Crippen LogP contribution in [-0.2, 0) is 11.8 Å². The Hall–Kier alpha value is -1.08. The maximum Gasteiger partial charge on any atom is 0.320 e. The molecule has 0 spiro atoms. The van der Waals surface area contributed by atoms with Crippen molar-refractivity contribution < 1.29 is 9.90 Å². The molecule has 2 N–H and O–H groups in total. The molecule has 0 bridgehead atoms. The predicted octanol–water partition coefficient (Wildman–Crippen LogP) is -0.0301. The minimum Gasteiger partial charge on any atom is -0.480 e. The number of hydrogen-bond acceptors (Lipinski definition) is 5. The highest BCUT2D eigenvalue weighted by molar-refractivity contribution is 7.99. The number of rotatable bonds is 6. The highest BCUT2D eigenvalue weighted by atomic mass is 32.2. The summed E-state index contributed by atoms with van der Waals surface area (Å²) >= 11 is 1.50.